The van der Waals surface area contributed by atoms with Crippen LogP contribution in [0.4, 0.5) is 20.3 Å². The molecule has 2 aromatic heterocycles. The second-order valence-corrected chi connectivity index (χ2v) is 7.78. The number of pyridine rings is 1. The lowest BCUT2D eigenvalue weighted by atomic mass is 9.81. The lowest BCUT2D eigenvalue weighted by molar-refractivity contribution is -0.0528. The van der Waals surface area contributed by atoms with E-state index >= 15 is 0 Å². The Morgan fingerprint density at radius 1 is 1.35 bits per heavy atom. The summed E-state index contributed by atoms with van der Waals surface area (Å²) >= 11 is 0. The van der Waals surface area contributed by atoms with Crippen molar-refractivity contribution in [3.8, 4) is 11.9 Å². The van der Waals surface area contributed by atoms with Crippen molar-refractivity contribution < 1.29 is 18.3 Å². The Morgan fingerprint density at radius 2 is 2.16 bits per heavy atom. The molecule has 3 N–H and O–H groups in total. The van der Waals surface area contributed by atoms with Crippen LogP contribution in [0.25, 0.3) is 0 Å². The number of carbonyl (C=O) groups excluding carboxylic acids is 1. The molecule has 1 aliphatic carbocycles. The molecule has 2 aliphatic rings. The molecule has 1 aliphatic heterocycles. The number of primary amides is 1. The second-order valence-electron chi connectivity index (χ2n) is 7.78. The quantitative estimate of drug-likeness (QED) is 0.691. The van der Waals surface area contributed by atoms with Gasteiger partial charge in [0.15, 0.2) is 5.82 Å². The smallest absolute Gasteiger partial charge is 0.388 e. The first-order valence-electron chi connectivity index (χ1n) is 10.1. The summed E-state index contributed by atoms with van der Waals surface area (Å²) in [5.41, 5.74) is 6.12. The van der Waals surface area contributed by atoms with E-state index < -0.39 is 12.5 Å². The highest BCUT2D eigenvalue weighted by atomic mass is 19.3. The van der Waals surface area contributed by atoms with Crippen molar-refractivity contribution in [1.82, 2.24) is 19.7 Å². The van der Waals surface area contributed by atoms with Crippen LogP contribution in [0.5, 0.6) is 5.88 Å². The van der Waals surface area contributed by atoms with Gasteiger partial charge in [-0.05, 0) is 44.8 Å². The van der Waals surface area contributed by atoms with Gasteiger partial charge < -0.3 is 20.7 Å². The van der Waals surface area contributed by atoms with Gasteiger partial charge in [-0.15, -0.1) is 0 Å². The standard InChI is InChI=1S/C20H23F2N7O2/c21-20(22)31-17-5-2-13(10-25-17)26-19-15(18(24)30)11-29(27-19)16-4-3-14(8-12(16)9-23)28-6-1-7-28/h2,5,10-12,14,16,20H,1,3-4,6-8H2,(H2,24,30)(H,26,27). The van der Waals surface area contributed by atoms with Crippen LogP contribution in [-0.4, -0.2) is 51.3 Å². The van der Waals surface area contributed by atoms with Crippen LogP contribution in [0.1, 0.15) is 42.1 Å². The van der Waals surface area contributed by atoms with Crippen LogP contribution in [0.3, 0.4) is 0 Å². The fourth-order valence-corrected chi connectivity index (χ4v) is 4.21. The second kappa shape index (κ2) is 8.85. The Labute approximate surface area is 177 Å². The molecule has 31 heavy (non-hydrogen) atoms. The van der Waals surface area contributed by atoms with Crippen LogP contribution >= 0.6 is 0 Å². The maximum absolute atomic E-state index is 12.3. The molecule has 4 rings (SSSR count). The zero-order valence-electron chi connectivity index (χ0n) is 16.7. The summed E-state index contributed by atoms with van der Waals surface area (Å²) in [6.45, 7) is -0.790. The zero-order valence-corrected chi connectivity index (χ0v) is 16.7. The molecule has 0 bridgehead atoms. The summed E-state index contributed by atoms with van der Waals surface area (Å²) in [4.78, 5) is 18.2. The first-order valence-corrected chi connectivity index (χ1v) is 10.1. The maximum Gasteiger partial charge on any atom is 0.388 e. The Morgan fingerprint density at radius 3 is 2.74 bits per heavy atom. The lowest BCUT2D eigenvalue weighted by Crippen LogP contribution is -2.48. The molecule has 0 radical (unpaired) electrons. The van der Waals surface area contributed by atoms with Gasteiger partial charge in [0, 0.05) is 18.3 Å². The molecule has 3 unspecified atom stereocenters. The molecule has 1 saturated heterocycles. The lowest BCUT2D eigenvalue weighted by Gasteiger charge is -2.43. The van der Waals surface area contributed by atoms with Crippen LogP contribution in [0, 0.1) is 17.2 Å². The number of ether oxygens (including phenoxy) is 1. The third-order valence-corrected chi connectivity index (χ3v) is 5.91. The molecule has 1 amide bonds. The molecule has 0 spiro atoms. The van der Waals surface area contributed by atoms with Gasteiger partial charge in [0.1, 0.15) is 5.56 Å². The summed E-state index contributed by atoms with van der Waals surface area (Å²) in [6, 6.07) is 5.42. The fraction of sp³-hybridized carbons (Fsp3) is 0.500. The van der Waals surface area contributed by atoms with Crippen LogP contribution in [0.15, 0.2) is 24.5 Å². The average Bonchev–Trinajstić information content (AvgIpc) is 3.11. The number of alkyl halides is 2. The SMILES string of the molecule is N#CC1CC(N2CCC2)CCC1n1cc(C(N)=O)c(Nc2ccc(OC(F)F)nc2)n1. The number of hydrogen-bond acceptors (Lipinski definition) is 7. The topological polar surface area (TPSA) is 122 Å². The number of aromatic nitrogens is 3. The minimum atomic E-state index is -2.97. The van der Waals surface area contributed by atoms with Crippen molar-refractivity contribution in [3.63, 3.8) is 0 Å². The Balaban J connectivity index is 1.52. The third-order valence-electron chi connectivity index (χ3n) is 5.91. The number of nitriles is 1. The normalized spacial score (nSPS) is 23.7. The van der Waals surface area contributed by atoms with E-state index in [-0.39, 0.29) is 29.2 Å². The monoisotopic (exact) mass is 431 g/mol. The molecular formula is C20H23F2N7O2. The number of likely N-dealkylation sites (tertiary alicyclic amines) is 1. The summed E-state index contributed by atoms with van der Waals surface area (Å²) in [7, 11) is 0. The van der Waals surface area contributed by atoms with Gasteiger partial charge in [0.05, 0.1) is 29.9 Å². The number of carbonyl (C=O) groups is 1. The summed E-state index contributed by atoms with van der Waals surface area (Å²) in [5, 5.41) is 17.2. The van der Waals surface area contributed by atoms with Crippen LogP contribution in [0.2, 0.25) is 0 Å². The van der Waals surface area contributed by atoms with E-state index in [1.807, 2.05) is 0 Å². The number of nitrogens with zero attached hydrogens (tertiary/aromatic N) is 5. The molecule has 164 valence electrons. The van der Waals surface area contributed by atoms with Crippen molar-refractivity contribution in [2.45, 2.75) is 44.4 Å². The molecule has 3 heterocycles. The van der Waals surface area contributed by atoms with Gasteiger partial charge in [-0.3, -0.25) is 9.48 Å². The molecule has 9 nitrogen and oxygen atoms in total. The molecule has 0 aromatic carbocycles. The molecule has 11 heteroatoms. The van der Waals surface area contributed by atoms with Crippen LogP contribution < -0.4 is 15.8 Å². The summed E-state index contributed by atoms with van der Waals surface area (Å²) < 4.78 is 30.4. The van der Waals surface area contributed by atoms with E-state index in [0.29, 0.717) is 11.7 Å². The van der Waals surface area contributed by atoms with Crippen LogP contribution in [-0.2, 0) is 0 Å². The minimum Gasteiger partial charge on any atom is -0.417 e. The van der Waals surface area contributed by atoms with Gasteiger partial charge in [-0.1, -0.05) is 0 Å². The van der Waals surface area contributed by atoms with E-state index in [4.69, 9.17) is 5.73 Å². The Kier molecular flexibility index (Phi) is 5.99. The molecular weight excluding hydrogens is 408 g/mol. The maximum atomic E-state index is 12.3. The number of nitrogens with one attached hydrogen (secondary N) is 1. The van der Waals surface area contributed by atoms with Gasteiger partial charge in [-0.2, -0.15) is 19.1 Å². The predicted molar refractivity (Wildman–Crippen MR) is 107 cm³/mol. The van der Waals surface area contributed by atoms with Crippen molar-refractivity contribution >= 4 is 17.4 Å². The summed E-state index contributed by atoms with van der Waals surface area (Å²) in [5.74, 6) is -0.891. The highest BCUT2D eigenvalue weighted by Gasteiger charge is 2.37. The zero-order chi connectivity index (χ0) is 22.0. The number of halogens is 2. The average molecular weight is 431 g/mol. The van der Waals surface area contributed by atoms with Gasteiger partial charge in [-0.25, -0.2) is 4.98 Å². The number of anilines is 2. The Bertz CT molecular complexity index is 969. The number of nitrogens with two attached hydrogens (primary N) is 1. The highest BCUT2D eigenvalue weighted by molar-refractivity contribution is 5.98. The highest BCUT2D eigenvalue weighted by Crippen LogP contribution is 2.37. The molecule has 2 fully saturated rings. The van der Waals surface area contributed by atoms with Gasteiger partial charge in [0.25, 0.3) is 5.91 Å². The van der Waals surface area contributed by atoms with Crippen molar-refractivity contribution in [2.24, 2.45) is 11.7 Å². The number of hydrogen-bond donors (Lipinski definition) is 2. The van der Waals surface area contributed by atoms with Crippen molar-refractivity contribution in [3.05, 3.63) is 30.1 Å². The first kappa shape index (κ1) is 21.0. The first-order chi connectivity index (χ1) is 14.9. The number of amides is 1. The Hall–Kier alpha value is -3.26. The van der Waals surface area contributed by atoms with Gasteiger partial charge >= 0.3 is 6.61 Å². The predicted octanol–water partition coefficient (Wildman–Crippen LogP) is 2.66. The minimum absolute atomic E-state index is 0.156. The van der Waals surface area contributed by atoms with E-state index in [2.05, 4.69) is 31.1 Å². The number of rotatable bonds is 7. The molecule has 2 aromatic rings. The molecule has 1 saturated carbocycles. The van der Waals surface area contributed by atoms with Crippen molar-refractivity contribution in [1.29, 1.82) is 5.26 Å². The molecule has 3 atom stereocenters. The van der Waals surface area contributed by atoms with E-state index in [0.717, 1.165) is 32.4 Å². The van der Waals surface area contributed by atoms with Gasteiger partial charge in [0.2, 0.25) is 5.88 Å². The largest absolute Gasteiger partial charge is 0.417 e. The summed E-state index contributed by atoms with van der Waals surface area (Å²) in [6.07, 6.45) is 6.57. The third kappa shape index (κ3) is 4.59. The van der Waals surface area contributed by atoms with E-state index in [1.54, 1.807) is 10.9 Å². The van der Waals surface area contributed by atoms with E-state index in [1.165, 1.54) is 24.8 Å². The van der Waals surface area contributed by atoms with Crippen molar-refractivity contribution in [2.75, 3.05) is 18.4 Å². The van der Waals surface area contributed by atoms with E-state index in [9.17, 15) is 18.8 Å². The fourth-order valence-electron chi connectivity index (χ4n) is 4.21.